The average molecular weight is 329 g/mol. The number of carbonyl (C=O) groups is 1. The highest BCUT2D eigenvalue weighted by Gasteiger charge is 2.27. The predicted octanol–water partition coefficient (Wildman–Crippen LogP) is 1.83. The fraction of sp³-hybridized carbons (Fsp3) is 0.444. The molecule has 1 heterocycles. The molecule has 1 aromatic carbocycles. The Balaban J connectivity index is 1.95. The first-order valence-corrected chi connectivity index (χ1v) is 7.94. The minimum atomic E-state index is -0.262. The molecule has 0 spiro atoms. The van der Waals surface area contributed by atoms with Crippen molar-refractivity contribution in [3.05, 3.63) is 41.6 Å². The van der Waals surface area contributed by atoms with Gasteiger partial charge < -0.3 is 19.7 Å². The molecular weight excluding hydrogens is 306 g/mol. The van der Waals surface area contributed by atoms with Crippen molar-refractivity contribution >= 4 is 5.91 Å². The maximum Gasteiger partial charge on any atom is 0.266 e. The molecule has 1 aliphatic rings. The van der Waals surface area contributed by atoms with E-state index in [1.54, 1.807) is 12.0 Å². The number of ether oxygens (including phenoxy) is 2. The van der Waals surface area contributed by atoms with Crippen molar-refractivity contribution in [2.45, 2.75) is 32.6 Å². The maximum absolute atomic E-state index is 12.5. The highest BCUT2D eigenvalue weighted by molar-refractivity contribution is 5.97. The topological polar surface area (TPSA) is 74.6 Å². The third-order valence-corrected chi connectivity index (χ3v) is 3.77. The van der Waals surface area contributed by atoms with Gasteiger partial charge in [-0.15, -0.1) is 0 Å². The van der Waals surface area contributed by atoms with Gasteiger partial charge >= 0.3 is 0 Å². The number of hydrogen-bond acceptors (Lipinski definition) is 5. The molecule has 0 aromatic heterocycles. The average Bonchev–Trinajstić information content (AvgIpc) is 2.58. The van der Waals surface area contributed by atoms with Gasteiger partial charge in [-0.1, -0.05) is 12.1 Å². The van der Waals surface area contributed by atoms with Gasteiger partial charge in [-0.2, -0.15) is 5.26 Å². The number of carbonyl (C=O) groups excluding carboxylic acids is 1. The smallest absolute Gasteiger partial charge is 0.266 e. The zero-order chi connectivity index (χ0) is 17.5. The molecule has 0 aliphatic carbocycles. The third-order valence-electron chi connectivity index (χ3n) is 3.77. The van der Waals surface area contributed by atoms with Crippen LogP contribution in [0.15, 0.2) is 36.0 Å². The Morgan fingerprint density at radius 1 is 1.38 bits per heavy atom. The molecule has 24 heavy (non-hydrogen) atoms. The van der Waals surface area contributed by atoms with Crippen LogP contribution < -0.4 is 10.1 Å². The number of nitriles is 1. The van der Waals surface area contributed by atoms with Gasteiger partial charge in [-0.25, -0.2) is 0 Å². The van der Waals surface area contributed by atoms with Gasteiger partial charge in [0.1, 0.15) is 17.4 Å². The maximum atomic E-state index is 12.5. The van der Waals surface area contributed by atoms with Crippen LogP contribution >= 0.6 is 0 Å². The SMILES string of the molecule is COc1ccc(CN/C=C(/C#N)C(=O)N2CC(C)OC(C)C2)cc1. The van der Waals surface area contributed by atoms with Crippen LogP contribution in [0.5, 0.6) is 5.75 Å². The van der Waals surface area contributed by atoms with E-state index in [1.165, 1.54) is 6.20 Å². The van der Waals surface area contributed by atoms with Crippen molar-refractivity contribution in [3.63, 3.8) is 0 Å². The summed E-state index contributed by atoms with van der Waals surface area (Å²) in [7, 11) is 1.62. The van der Waals surface area contributed by atoms with E-state index in [9.17, 15) is 10.1 Å². The Bertz CT molecular complexity index is 624. The summed E-state index contributed by atoms with van der Waals surface area (Å²) in [4.78, 5) is 14.1. The van der Waals surface area contributed by atoms with E-state index in [1.807, 2.05) is 44.2 Å². The Morgan fingerprint density at radius 3 is 2.54 bits per heavy atom. The normalized spacial score (nSPS) is 21.1. The van der Waals surface area contributed by atoms with Gasteiger partial charge in [-0.05, 0) is 31.5 Å². The van der Waals surface area contributed by atoms with Crippen LogP contribution in [-0.2, 0) is 16.1 Å². The lowest BCUT2D eigenvalue weighted by Crippen LogP contribution is -2.48. The Kier molecular flexibility index (Phi) is 6.21. The summed E-state index contributed by atoms with van der Waals surface area (Å²) in [6.07, 6.45) is 1.44. The van der Waals surface area contributed by atoms with Crippen LogP contribution in [0, 0.1) is 11.3 Å². The van der Waals surface area contributed by atoms with Crippen molar-refractivity contribution in [3.8, 4) is 11.8 Å². The largest absolute Gasteiger partial charge is 0.497 e. The first-order valence-electron chi connectivity index (χ1n) is 7.94. The van der Waals surface area contributed by atoms with Gasteiger partial charge in [0, 0.05) is 25.8 Å². The Hall–Kier alpha value is -2.52. The molecule has 1 aliphatic heterocycles. The summed E-state index contributed by atoms with van der Waals surface area (Å²) in [5, 5.41) is 12.3. The number of nitrogens with one attached hydrogen (secondary N) is 1. The van der Waals surface area contributed by atoms with Gasteiger partial charge in [0.2, 0.25) is 0 Å². The number of rotatable bonds is 5. The van der Waals surface area contributed by atoms with Crippen molar-refractivity contribution in [1.29, 1.82) is 5.26 Å². The molecule has 2 unspecified atom stereocenters. The van der Waals surface area contributed by atoms with Crippen molar-refractivity contribution in [1.82, 2.24) is 10.2 Å². The predicted molar refractivity (Wildman–Crippen MR) is 90.1 cm³/mol. The van der Waals surface area contributed by atoms with Crippen LogP contribution in [0.1, 0.15) is 19.4 Å². The van der Waals surface area contributed by atoms with Crippen LogP contribution in [-0.4, -0.2) is 43.2 Å². The van der Waals surface area contributed by atoms with E-state index in [2.05, 4.69) is 5.32 Å². The van der Waals surface area contributed by atoms with Crippen LogP contribution in [0.25, 0.3) is 0 Å². The molecule has 6 heteroatoms. The molecule has 1 saturated heterocycles. The van der Waals surface area contributed by atoms with E-state index in [0.717, 1.165) is 11.3 Å². The van der Waals surface area contributed by atoms with Crippen molar-refractivity contribution in [2.24, 2.45) is 0 Å². The van der Waals surface area contributed by atoms with Crippen LogP contribution in [0.2, 0.25) is 0 Å². The fourth-order valence-electron chi connectivity index (χ4n) is 2.67. The second-order valence-electron chi connectivity index (χ2n) is 5.87. The summed E-state index contributed by atoms with van der Waals surface area (Å²) in [5.41, 5.74) is 1.13. The molecule has 0 bridgehead atoms. The molecule has 2 atom stereocenters. The molecule has 1 amide bonds. The van der Waals surface area contributed by atoms with Gasteiger partial charge in [0.15, 0.2) is 0 Å². The van der Waals surface area contributed by atoms with Gasteiger partial charge in [0.05, 0.1) is 19.3 Å². The van der Waals surface area contributed by atoms with Crippen molar-refractivity contribution in [2.75, 3.05) is 20.2 Å². The van der Waals surface area contributed by atoms with Crippen LogP contribution in [0.4, 0.5) is 0 Å². The lowest BCUT2D eigenvalue weighted by atomic mass is 10.2. The lowest BCUT2D eigenvalue weighted by Gasteiger charge is -2.35. The minimum absolute atomic E-state index is 0.0232. The molecule has 1 aromatic rings. The van der Waals surface area contributed by atoms with E-state index in [-0.39, 0.29) is 23.7 Å². The van der Waals surface area contributed by atoms with Crippen molar-refractivity contribution < 1.29 is 14.3 Å². The molecule has 0 radical (unpaired) electrons. The summed E-state index contributed by atoms with van der Waals surface area (Å²) >= 11 is 0. The summed E-state index contributed by atoms with van der Waals surface area (Å²) in [6.45, 7) is 5.38. The van der Waals surface area contributed by atoms with E-state index < -0.39 is 0 Å². The Morgan fingerprint density at radius 2 is 2.00 bits per heavy atom. The third kappa shape index (κ3) is 4.74. The summed E-state index contributed by atoms with van der Waals surface area (Å²) in [5.74, 6) is 0.527. The number of morpholine rings is 1. The fourth-order valence-corrected chi connectivity index (χ4v) is 2.67. The van der Waals surface area contributed by atoms with Gasteiger partial charge in [-0.3, -0.25) is 4.79 Å². The molecule has 6 nitrogen and oxygen atoms in total. The zero-order valence-corrected chi connectivity index (χ0v) is 14.3. The number of amides is 1. The second kappa shape index (κ2) is 8.37. The number of methoxy groups -OCH3 is 1. The molecular formula is C18H23N3O3. The molecule has 2 rings (SSSR count). The van der Waals surface area contributed by atoms with E-state index in [0.29, 0.717) is 19.6 Å². The quantitative estimate of drug-likeness (QED) is 0.659. The summed E-state index contributed by atoms with van der Waals surface area (Å²) < 4.78 is 10.7. The Labute approximate surface area is 142 Å². The number of benzene rings is 1. The van der Waals surface area contributed by atoms with E-state index in [4.69, 9.17) is 9.47 Å². The van der Waals surface area contributed by atoms with E-state index >= 15 is 0 Å². The first-order chi connectivity index (χ1) is 11.5. The zero-order valence-electron chi connectivity index (χ0n) is 14.3. The highest BCUT2D eigenvalue weighted by Crippen LogP contribution is 2.14. The number of hydrogen-bond donors (Lipinski definition) is 1. The van der Waals surface area contributed by atoms with Gasteiger partial charge in [0.25, 0.3) is 5.91 Å². The monoisotopic (exact) mass is 329 g/mol. The number of nitrogens with zero attached hydrogens (tertiary/aromatic N) is 2. The summed E-state index contributed by atoms with van der Waals surface area (Å²) in [6, 6.07) is 9.58. The first kappa shape index (κ1) is 17.8. The minimum Gasteiger partial charge on any atom is -0.497 e. The molecule has 0 saturated carbocycles. The highest BCUT2D eigenvalue weighted by atomic mass is 16.5. The molecule has 128 valence electrons. The second-order valence-corrected chi connectivity index (χ2v) is 5.87. The molecule has 1 N–H and O–H groups in total. The van der Waals surface area contributed by atoms with Crippen LogP contribution in [0.3, 0.4) is 0 Å². The molecule has 1 fully saturated rings. The lowest BCUT2D eigenvalue weighted by molar-refractivity contribution is -0.138. The standard InChI is InChI=1S/C18H23N3O3/c1-13-11-21(12-14(2)24-13)18(22)16(8-19)10-20-9-15-4-6-17(23-3)7-5-15/h4-7,10,13-14,20H,9,11-12H2,1-3H3/b16-10-.